The van der Waals surface area contributed by atoms with Crippen molar-refractivity contribution in [1.29, 1.82) is 0 Å². The van der Waals surface area contributed by atoms with E-state index in [-0.39, 0.29) is 17.6 Å². The minimum absolute atomic E-state index is 0.00431. The predicted octanol–water partition coefficient (Wildman–Crippen LogP) is 2.59. The molecule has 0 spiro atoms. The number of ether oxygens (including phenoxy) is 1. The third kappa shape index (κ3) is 4.43. The lowest BCUT2D eigenvalue weighted by Gasteiger charge is -2.40. The third-order valence-electron chi connectivity index (χ3n) is 4.50. The number of hydrogen-bond donors (Lipinski definition) is 2. The minimum atomic E-state index is -1.07. The standard InChI is InChI=1S/C16H29NO4/c1-6-16(7-2)10-11(8-9-21-16)17-13(18)12(14(19)20)15(3,4)5/h11-12H,6-10H2,1-5H3,(H,17,18)(H,19,20). The Hall–Kier alpha value is -1.10. The summed E-state index contributed by atoms with van der Waals surface area (Å²) in [4.78, 5) is 23.7. The Kier molecular flexibility index (Phi) is 5.79. The van der Waals surface area contributed by atoms with E-state index in [1.54, 1.807) is 20.8 Å². The summed E-state index contributed by atoms with van der Waals surface area (Å²) in [5.74, 6) is -2.48. The van der Waals surface area contributed by atoms with Crippen LogP contribution in [0.25, 0.3) is 0 Å². The van der Waals surface area contributed by atoms with Crippen LogP contribution in [0, 0.1) is 11.3 Å². The summed E-state index contributed by atoms with van der Waals surface area (Å²) in [6, 6.07) is -0.00431. The molecule has 0 aromatic carbocycles. The molecule has 21 heavy (non-hydrogen) atoms. The average molecular weight is 299 g/mol. The van der Waals surface area contributed by atoms with Crippen molar-refractivity contribution in [1.82, 2.24) is 5.32 Å². The number of rotatable bonds is 5. The van der Waals surface area contributed by atoms with E-state index >= 15 is 0 Å². The van der Waals surface area contributed by atoms with Crippen molar-refractivity contribution >= 4 is 11.9 Å². The van der Waals surface area contributed by atoms with Crippen molar-refractivity contribution in [3.05, 3.63) is 0 Å². The molecular weight excluding hydrogens is 270 g/mol. The molecule has 1 fully saturated rings. The van der Waals surface area contributed by atoms with E-state index < -0.39 is 17.3 Å². The molecule has 0 aliphatic carbocycles. The summed E-state index contributed by atoms with van der Waals surface area (Å²) in [7, 11) is 0. The van der Waals surface area contributed by atoms with Crippen molar-refractivity contribution in [3.63, 3.8) is 0 Å². The summed E-state index contributed by atoms with van der Waals surface area (Å²) in [5, 5.41) is 12.2. The summed E-state index contributed by atoms with van der Waals surface area (Å²) in [6.45, 7) is 10.1. The fraction of sp³-hybridized carbons (Fsp3) is 0.875. The van der Waals surface area contributed by atoms with Crippen LogP contribution < -0.4 is 5.32 Å². The van der Waals surface area contributed by atoms with E-state index in [9.17, 15) is 14.7 Å². The summed E-state index contributed by atoms with van der Waals surface area (Å²) < 4.78 is 5.88. The van der Waals surface area contributed by atoms with Gasteiger partial charge in [-0.15, -0.1) is 0 Å². The van der Waals surface area contributed by atoms with Gasteiger partial charge in [-0.3, -0.25) is 9.59 Å². The van der Waals surface area contributed by atoms with Gasteiger partial charge in [0.1, 0.15) is 5.92 Å². The van der Waals surface area contributed by atoms with Crippen molar-refractivity contribution in [3.8, 4) is 0 Å². The molecule has 0 aromatic heterocycles. The zero-order valence-electron chi connectivity index (χ0n) is 13.9. The average Bonchev–Trinajstić information content (AvgIpc) is 2.36. The van der Waals surface area contributed by atoms with Crippen LogP contribution in [-0.4, -0.2) is 35.2 Å². The monoisotopic (exact) mass is 299 g/mol. The van der Waals surface area contributed by atoms with E-state index in [0.717, 1.165) is 25.7 Å². The SMILES string of the molecule is CCC1(CC)CC(NC(=O)C(C(=O)O)C(C)(C)C)CCO1. The molecule has 2 atom stereocenters. The first-order chi connectivity index (χ1) is 9.65. The highest BCUT2D eigenvalue weighted by atomic mass is 16.5. The second-order valence-electron chi connectivity index (χ2n) is 7.07. The Labute approximate surface area is 127 Å². The second-order valence-corrected chi connectivity index (χ2v) is 7.07. The molecular formula is C16H29NO4. The van der Waals surface area contributed by atoms with Crippen LogP contribution in [0.4, 0.5) is 0 Å². The van der Waals surface area contributed by atoms with Gasteiger partial charge in [0, 0.05) is 12.6 Å². The normalized spacial score (nSPS) is 23.4. The van der Waals surface area contributed by atoms with Crippen LogP contribution in [0.3, 0.4) is 0 Å². The number of hydrogen-bond acceptors (Lipinski definition) is 3. The maximum atomic E-state index is 12.4. The molecule has 0 aromatic rings. The van der Waals surface area contributed by atoms with Gasteiger partial charge in [-0.25, -0.2) is 0 Å². The number of carbonyl (C=O) groups is 2. The predicted molar refractivity (Wildman–Crippen MR) is 81.0 cm³/mol. The molecule has 1 rings (SSSR count). The van der Waals surface area contributed by atoms with Crippen molar-refractivity contribution in [2.75, 3.05) is 6.61 Å². The molecule has 122 valence electrons. The molecule has 5 heteroatoms. The van der Waals surface area contributed by atoms with Gasteiger partial charge in [0.25, 0.3) is 0 Å². The van der Waals surface area contributed by atoms with Gasteiger partial charge >= 0.3 is 5.97 Å². The van der Waals surface area contributed by atoms with Gasteiger partial charge in [-0.1, -0.05) is 34.6 Å². The molecule has 1 aliphatic rings. The van der Waals surface area contributed by atoms with Gasteiger partial charge in [0.2, 0.25) is 5.91 Å². The zero-order valence-corrected chi connectivity index (χ0v) is 13.9. The molecule has 2 unspecified atom stereocenters. The van der Waals surface area contributed by atoms with Crippen LogP contribution >= 0.6 is 0 Å². The Morgan fingerprint density at radius 2 is 1.90 bits per heavy atom. The number of aliphatic carboxylic acids is 1. The first-order valence-corrected chi connectivity index (χ1v) is 7.82. The van der Waals surface area contributed by atoms with Gasteiger partial charge in [0.15, 0.2) is 0 Å². The quantitative estimate of drug-likeness (QED) is 0.765. The highest BCUT2D eigenvalue weighted by Crippen LogP contribution is 2.32. The summed E-state index contributed by atoms with van der Waals surface area (Å²) in [6.07, 6.45) is 3.29. The molecule has 0 saturated carbocycles. The van der Waals surface area contributed by atoms with E-state index in [1.165, 1.54) is 0 Å². The van der Waals surface area contributed by atoms with Gasteiger partial charge < -0.3 is 15.2 Å². The van der Waals surface area contributed by atoms with Crippen LogP contribution in [0.1, 0.15) is 60.3 Å². The van der Waals surface area contributed by atoms with E-state index in [0.29, 0.717) is 6.61 Å². The lowest BCUT2D eigenvalue weighted by Crippen LogP contribution is -2.52. The Balaban J connectivity index is 2.76. The van der Waals surface area contributed by atoms with Gasteiger partial charge in [0.05, 0.1) is 5.60 Å². The number of carboxylic acid groups (broad SMARTS) is 1. The second kappa shape index (κ2) is 6.77. The largest absolute Gasteiger partial charge is 0.481 e. The Bertz CT molecular complexity index is 382. The van der Waals surface area contributed by atoms with E-state index in [1.807, 2.05) is 0 Å². The molecule has 1 aliphatic heterocycles. The van der Waals surface area contributed by atoms with E-state index in [2.05, 4.69) is 19.2 Å². The smallest absolute Gasteiger partial charge is 0.316 e. The fourth-order valence-corrected chi connectivity index (χ4v) is 3.05. The lowest BCUT2D eigenvalue weighted by molar-refractivity contribution is -0.152. The fourth-order valence-electron chi connectivity index (χ4n) is 3.05. The van der Waals surface area contributed by atoms with Crippen LogP contribution in [-0.2, 0) is 14.3 Å². The topological polar surface area (TPSA) is 75.6 Å². The number of amides is 1. The van der Waals surface area contributed by atoms with Gasteiger partial charge in [-0.2, -0.15) is 0 Å². The Morgan fingerprint density at radius 3 is 2.33 bits per heavy atom. The number of carbonyl (C=O) groups excluding carboxylic acids is 1. The molecule has 0 bridgehead atoms. The third-order valence-corrected chi connectivity index (χ3v) is 4.50. The summed E-state index contributed by atoms with van der Waals surface area (Å²) >= 11 is 0. The maximum Gasteiger partial charge on any atom is 0.316 e. The van der Waals surface area contributed by atoms with E-state index in [4.69, 9.17) is 4.74 Å². The molecule has 0 radical (unpaired) electrons. The minimum Gasteiger partial charge on any atom is -0.481 e. The Morgan fingerprint density at radius 1 is 1.33 bits per heavy atom. The molecule has 1 heterocycles. The molecule has 5 nitrogen and oxygen atoms in total. The first-order valence-electron chi connectivity index (χ1n) is 7.82. The molecule has 2 N–H and O–H groups in total. The molecule has 1 amide bonds. The van der Waals surface area contributed by atoms with Crippen molar-refractivity contribution in [2.24, 2.45) is 11.3 Å². The van der Waals surface area contributed by atoms with Crippen molar-refractivity contribution < 1.29 is 19.4 Å². The molecule has 1 saturated heterocycles. The summed E-state index contributed by atoms with van der Waals surface area (Å²) in [5.41, 5.74) is -0.787. The van der Waals surface area contributed by atoms with Crippen LogP contribution in [0.5, 0.6) is 0 Å². The number of carboxylic acids is 1. The number of nitrogens with one attached hydrogen (secondary N) is 1. The lowest BCUT2D eigenvalue weighted by atomic mass is 9.79. The maximum absolute atomic E-state index is 12.4. The van der Waals surface area contributed by atoms with Crippen molar-refractivity contribution in [2.45, 2.75) is 71.9 Å². The van der Waals surface area contributed by atoms with Crippen LogP contribution in [0.15, 0.2) is 0 Å². The van der Waals surface area contributed by atoms with Gasteiger partial charge in [-0.05, 0) is 31.1 Å². The zero-order chi connectivity index (χ0) is 16.3. The first kappa shape index (κ1) is 18.0. The highest BCUT2D eigenvalue weighted by molar-refractivity contribution is 5.97. The highest BCUT2D eigenvalue weighted by Gasteiger charge is 2.40. The van der Waals surface area contributed by atoms with Crippen LogP contribution in [0.2, 0.25) is 0 Å².